The fourth-order valence-electron chi connectivity index (χ4n) is 3.00. The van der Waals surface area contributed by atoms with Crippen LogP contribution in [0, 0.1) is 13.8 Å². The number of sulfone groups is 1. The Morgan fingerprint density at radius 2 is 1.73 bits per heavy atom. The molecule has 1 saturated heterocycles. The minimum atomic E-state index is -3.57. The van der Waals surface area contributed by atoms with E-state index in [0.717, 1.165) is 11.8 Å². The number of aromatic nitrogens is 2. The molecule has 1 aromatic carbocycles. The third-order valence-corrected chi connectivity index (χ3v) is 7.34. The monoisotopic (exact) mass is 399 g/mol. The number of hydrogen-bond acceptors (Lipinski definition) is 7. The van der Waals surface area contributed by atoms with Crippen LogP contribution in [0.25, 0.3) is 0 Å². The fourth-order valence-corrected chi connectivity index (χ4v) is 5.21. The summed E-state index contributed by atoms with van der Waals surface area (Å²) in [4.78, 5) is 0.327. The molecule has 1 aliphatic rings. The highest BCUT2D eigenvalue weighted by Gasteiger charge is 2.33. The lowest BCUT2D eigenvalue weighted by atomic mass is 9.98. The molecule has 0 unspecified atom stereocenters. The first-order valence-corrected chi connectivity index (χ1v) is 11.5. The molecule has 10 heteroatoms. The number of nitrogens with zero attached hydrogens (tertiary/aromatic N) is 3. The standard InChI is InChI=1S/C16H21N3O5S2/c1-11-4-5-12(2)14(10-11)26(22,23)19-8-6-13(7-9-19)15-17-18-16(24-15)25(3,20)21/h4-5,10,13H,6-9H2,1-3H3. The van der Waals surface area contributed by atoms with Gasteiger partial charge in [0.1, 0.15) is 0 Å². The third kappa shape index (κ3) is 3.67. The molecule has 2 aromatic rings. The molecular formula is C16H21N3O5S2. The predicted octanol–water partition coefficient (Wildman–Crippen LogP) is 1.66. The van der Waals surface area contributed by atoms with Crippen LogP contribution in [0.5, 0.6) is 0 Å². The first-order chi connectivity index (χ1) is 12.1. The average molecular weight is 399 g/mol. The van der Waals surface area contributed by atoms with Crippen molar-refractivity contribution >= 4 is 19.9 Å². The van der Waals surface area contributed by atoms with Crippen LogP contribution in [0.3, 0.4) is 0 Å². The second-order valence-corrected chi connectivity index (χ2v) is 10.4. The summed E-state index contributed by atoms with van der Waals surface area (Å²) >= 11 is 0. The van der Waals surface area contributed by atoms with E-state index in [2.05, 4.69) is 10.2 Å². The molecule has 2 heterocycles. The lowest BCUT2D eigenvalue weighted by Crippen LogP contribution is -2.38. The van der Waals surface area contributed by atoms with E-state index in [1.54, 1.807) is 19.1 Å². The molecular weight excluding hydrogens is 378 g/mol. The molecule has 1 aromatic heterocycles. The molecule has 26 heavy (non-hydrogen) atoms. The lowest BCUT2D eigenvalue weighted by Gasteiger charge is -2.30. The molecule has 142 valence electrons. The van der Waals surface area contributed by atoms with Crippen LogP contribution in [-0.2, 0) is 19.9 Å². The van der Waals surface area contributed by atoms with Gasteiger partial charge in [-0.05, 0) is 43.9 Å². The van der Waals surface area contributed by atoms with Crippen molar-refractivity contribution in [2.75, 3.05) is 19.3 Å². The molecule has 0 N–H and O–H groups in total. The zero-order valence-electron chi connectivity index (χ0n) is 14.8. The van der Waals surface area contributed by atoms with Crippen LogP contribution >= 0.6 is 0 Å². The van der Waals surface area contributed by atoms with Crippen molar-refractivity contribution in [2.24, 2.45) is 0 Å². The zero-order chi connectivity index (χ0) is 19.1. The Morgan fingerprint density at radius 3 is 2.31 bits per heavy atom. The summed E-state index contributed by atoms with van der Waals surface area (Å²) in [7, 11) is -7.11. The molecule has 3 rings (SSSR count). The van der Waals surface area contributed by atoms with Gasteiger partial charge in [-0.1, -0.05) is 17.2 Å². The van der Waals surface area contributed by atoms with Crippen LogP contribution in [0.4, 0.5) is 0 Å². The van der Waals surface area contributed by atoms with Crippen molar-refractivity contribution in [1.82, 2.24) is 14.5 Å². The van der Waals surface area contributed by atoms with E-state index >= 15 is 0 Å². The Bertz CT molecular complexity index is 1020. The van der Waals surface area contributed by atoms with Crippen molar-refractivity contribution < 1.29 is 21.3 Å². The predicted molar refractivity (Wildman–Crippen MR) is 94.1 cm³/mol. The van der Waals surface area contributed by atoms with Gasteiger partial charge in [0.15, 0.2) is 0 Å². The lowest BCUT2D eigenvalue weighted by molar-refractivity contribution is 0.278. The zero-order valence-corrected chi connectivity index (χ0v) is 16.5. The van der Waals surface area contributed by atoms with Crippen molar-refractivity contribution in [3.63, 3.8) is 0 Å². The van der Waals surface area contributed by atoms with Crippen LogP contribution in [0.15, 0.2) is 32.7 Å². The maximum Gasteiger partial charge on any atom is 0.335 e. The Kier molecular flexibility index (Phi) is 4.93. The van der Waals surface area contributed by atoms with E-state index in [0.29, 0.717) is 36.4 Å². The van der Waals surface area contributed by atoms with E-state index < -0.39 is 25.1 Å². The smallest absolute Gasteiger partial charge is 0.335 e. The summed E-state index contributed by atoms with van der Waals surface area (Å²) < 4.78 is 55.5. The summed E-state index contributed by atoms with van der Waals surface area (Å²) in [5.41, 5.74) is 1.61. The minimum Gasteiger partial charge on any atom is -0.412 e. The minimum absolute atomic E-state index is 0.150. The molecule has 1 fully saturated rings. The first-order valence-electron chi connectivity index (χ1n) is 8.20. The second kappa shape index (κ2) is 6.75. The maximum absolute atomic E-state index is 12.9. The molecule has 0 atom stereocenters. The largest absolute Gasteiger partial charge is 0.412 e. The maximum atomic E-state index is 12.9. The molecule has 0 bridgehead atoms. The number of aryl methyl sites for hydroxylation is 2. The number of sulfonamides is 1. The summed E-state index contributed by atoms with van der Waals surface area (Å²) in [6.07, 6.45) is 1.99. The van der Waals surface area contributed by atoms with Gasteiger partial charge in [0, 0.05) is 25.3 Å². The van der Waals surface area contributed by atoms with Gasteiger partial charge in [-0.2, -0.15) is 4.31 Å². The average Bonchev–Trinajstić information content (AvgIpc) is 3.07. The summed E-state index contributed by atoms with van der Waals surface area (Å²) in [5, 5.41) is 6.97. The molecule has 0 amide bonds. The Morgan fingerprint density at radius 1 is 1.08 bits per heavy atom. The van der Waals surface area contributed by atoms with Crippen molar-refractivity contribution in [3.8, 4) is 0 Å². The van der Waals surface area contributed by atoms with Crippen LogP contribution in [0.2, 0.25) is 0 Å². The highest BCUT2D eigenvalue weighted by molar-refractivity contribution is 7.90. The highest BCUT2D eigenvalue weighted by Crippen LogP contribution is 2.31. The van der Waals surface area contributed by atoms with Crippen molar-refractivity contribution in [1.29, 1.82) is 0 Å². The molecule has 0 aliphatic carbocycles. The van der Waals surface area contributed by atoms with Gasteiger partial charge in [0.25, 0.3) is 0 Å². The van der Waals surface area contributed by atoms with Crippen molar-refractivity contribution in [2.45, 2.75) is 42.7 Å². The molecule has 0 spiro atoms. The Labute approximate surface area is 153 Å². The van der Waals surface area contributed by atoms with Crippen LogP contribution in [0.1, 0.15) is 35.8 Å². The van der Waals surface area contributed by atoms with E-state index in [4.69, 9.17) is 4.42 Å². The van der Waals surface area contributed by atoms with Gasteiger partial charge in [-0.3, -0.25) is 0 Å². The summed E-state index contributed by atoms with van der Waals surface area (Å²) in [5.74, 6) is 0.0947. The number of rotatable bonds is 4. The fraction of sp³-hybridized carbons (Fsp3) is 0.500. The van der Waals surface area contributed by atoms with Gasteiger partial charge in [0.2, 0.25) is 25.8 Å². The molecule has 8 nitrogen and oxygen atoms in total. The number of hydrogen-bond donors (Lipinski definition) is 0. The van der Waals surface area contributed by atoms with Crippen molar-refractivity contribution in [3.05, 3.63) is 35.2 Å². The summed E-state index contributed by atoms with van der Waals surface area (Å²) in [6.45, 7) is 4.28. The Hall–Kier alpha value is -1.78. The SMILES string of the molecule is Cc1ccc(C)c(S(=O)(=O)N2CCC(c3nnc(S(C)(=O)=O)o3)CC2)c1. The number of benzene rings is 1. The molecule has 0 radical (unpaired) electrons. The first kappa shape index (κ1) is 19.0. The van der Waals surface area contributed by atoms with Crippen LogP contribution < -0.4 is 0 Å². The van der Waals surface area contributed by atoms with Gasteiger partial charge in [0.05, 0.1) is 4.90 Å². The van der Waals surface area contributed by atoms with E-state index in [1.807, 2.05) is 13.0 Å². The summed E-state index contributed by atoms with van der Waals surface area (Å²) in [6, 6.07) is 5.38. The highest BCUT2D eigenvalue weighted by atomic mass is 32.2. The van der Waals surface area contributed by atoms with Gasteiger partial charge in [-0.25, -0.2) is 16.8 Å². The Balaban J connectivity index is 1.76. The van der Waals surface area contributed by atoms with Crippen LogP contribution in [-0.4, -0.2) is 50.7 Å². The second-order valence-electron chi connectivity index (χ2n) is 6.63. The van der Waals surface area contributed by atoms with E-state index in [1.165, 1.54) is 4.31 Å². The van der Waals surface area contributed by atoms with Gasteiger partial charge in [-0.15, -0.1) is 5.10 Å². The number of piperidine rings is 1. The van der Waals surface area contributed by atoms with E-state index in [-0.39, 0.29) is 11.8 Å². The van der Waals surface area contributed by atoms with Gasteiger partial charge >= 0.3 is 5.22 Å². The van der Waals surface area contributed by atoms with E-state index in [9.17, 15) is 16.8 Å². The quantitative estimate of drug-likeness (QED) is 0.769. The van der Waals surface area contributed by atoms with Gasteiger partial charge < -0.3 is 4.42 Å². The topological polar surface area (TPSA) is 110 Å². The molecule has 1 aliphatic heterocycles. The third-order valence-electron chi connectivity index (χ3n) is 4.50. The molecule has 0 saturated carbocycles. The normalized spacial score (nSPS) is 17.5.